The number of aromatic nitrogens is 4. The third-order valence-electron chi connectivity index (χ3n) is 4.55. The minimum atomic E-state index is -4.70. The van der Waals surface area contributed by atoms with Crippen LogP contribution in [0.3, 0.4) is 0 Å². The minimum Gasteiger partial charge on any atom is -0.467 e. The summed E-state index contributed by atoms with van der Waals surface area (Å²) in [4.78, 5) is 16.2. The van der Waals surface area contributed by atoms with E-state index in [4.69, 9.17) is 22.1 Å². The molecule has 3 aromatic rings. The van der Waals surface area contributed by atoms with E-state index >= 15 is 0 Å². The predicted octanol–water partition coefficient (Wildman–Crippen LogP) is 3.91. The van der Waals surface area contributed by atoms with E-state index in [-0.39, 0.29) is 34.6 Å². The summed E-state index contributed by atoms with van der Waals surface area (Å²) in [6.07, 6.45) is 2.41. The summed E-state index contributed by atoms with van der Waals surface area (Å²) >= 11 is 6.18. The molecule has 3 aromatic heterocycles. The molecular weight excluding hydrogens is 435 g/mol. The number of methoxy groups -OCH3 is 1. The highest BCUT2D eigenvalue weighted by molar-refractivity contribution is 6.33. The molecule has 0 unspecified atom stereocenters. The van der Waals surface area contributed by atoms with E-state index in [2.05, 4.69) is 25.3 Å². The highest BCUT2D eigenvalue weighted by Gasteiger charge is 2.39. The number of aliphatic imine (C=N–C) groups is 1. The number of nitrogens with zero attached hydrogens (tertiary/aromatic N) is 5. The van der Waals surface area contributed by atoms with Gasteiger partial charge in [0.05, 0.1) is 35.9 Å². The second-order valence-corrected chi connectivity index (χ2v) is 7.08. The van der Waals surface area contributed by atoms with Gasteiger partial charge in [0.2, 0.25) is 0 Å². The minimum absolute atomic E-state index is 0.0130. The first kappa shape index (κ1) is 21.1. The van der Waals surface area contributed by atoms with Crippen molar-refractivity contribution < 1.29 is 17.9 Å². The number of nitrogens with two attached hydrogens (primary N) is 1. The topological polar surface area (TPSA) is 103 Å². The summed E-state index contributed by atoms with van der Waals surface area (Å²) in [5.74, 6) is 0.468. The van der Waals surface area contributed by atoms with Crippen LogP contribution < -0.4 is 15.8 Å². The van der Waals surface area contributed by atoms with Crippen LogP contribution >= 0.6 is 11.6 Å². The molecule has 31 heavy (non-hydrogen) atoms. The standard InChI is InChI=1S/C19H17ClF3N7O/c1-31-18-25-7-11(8-26-18)27-14-4-2-3-13(28-14)15-16(19(21,22)23)29-17-12(20)5-10(6-24)9-30(15)17/h3,5,7-9H,2,4,6,24H2,1H3,(H,27,28). The Kier molecular flexibility index (Phi) is 5.54. The van der Waals surface area contributed by atoms with Gasteiger partial charge in [-0.05, 0) is 18.1 Å². The molecule has 162 valence electrons. The molecule has 0 fully saturated rings. The molecule has 0 bridgehead atoms. The number of hydrogen-bond acceptors (Lipinski definition) is 7. The quantitative estimate of drug-likeness (QED) is 0.623. The number of anilines is 1. The van der Waals surface area contributed by atoms with E-state index in [1.165, 1.54) is 36.2 Å². The number of nitrogens with one attached hydrogen (secondary N) is 1. The highest BCUT2D eigenvalue weighted by atomic mass is 35.5. The first-order valence-electron chi connectivity index (χ1n) is 9.19. The first-order chi connectivity index (χ1) is 14.8. The van der Waals surface area contributed by atoms with Crippen molar-refractivity contribution in [3.63, 3.8) is 0 Å². The van der Waals surface area contributed by atoms with Gasteiger partial charge in [-0.1, -0.05) is 17.7 Å². The van der Waals surface area contributed by atoms with Gasteiger partial charge in [0, 0.05) is 19.2 Å². The van der Waals surface area contributed by atoms with Crippen molar-refractivity contribution in [1.29, 1.82) is 0 Å². The van der Waals surface area contributed by atoms with Crippen LogP contribution in [-0.2, 0) is 12.7 Å². The Morgan fingerprint density at radius 2 is 2.03 bits per heavy atom. The highest BCUT2D eigenvalue weighted by Crippen LogP contribution is 2.38. The summed E-state index contributed by atoms with van der Waals surface area (Å²) in [5, 5.41) is 3.11. The molecule has 3 N–H and O–H groups in total. The largest absolute Gasteiger partial charge is 0.467 e. The number of allylic oxidation sites excluding steroid dienone is 1. The molecule has 0 saturated heterocycles. The number of alkyl halides is 3. The van der Waals surface area contributed by atoms with Gasteiger partial charge < -0.3 is 15.8 Å². The molecule has 1 aliphatic heterocycles. The van der Waals surface area contributed by atoms with Gasteiger partial charge in [-0.2, -0.15) is 13.2 Å². The maximum atomic E-state index is 13.8. The van der Waals surface area contributed by atoms with Crippen molar-refractivity contribution in [2.75, 3.05) is 12.4 Å². The maximum absolute atomic E-state index is 13.8. The van der Waals surface area contributed by atoms with Crippen LogP contribution in [0.5, 0.6) is 6.01 Å². The Morgan fingerprint density at radius 1 is 1.29 bits per heavy atom. The van der Waals surface area contributed by atoms with Gasteiger partial charge in [-0.3, -0.25) is 4.40 Å². The van der Waals surface area contributed by atoms with Crippen LogP contribution in [0.25, 0.3) is 11.3 Å². The Balaban J connectivity index is 1.79. The molecular formula is C19H17ClF3N7O. The van der Waals surface area contributed by atoms with Crippen molar-refractivity contribution in [2.24, 2.45) is 10.7 Å². The second-order valence-electron chi connectivity index (χ2n) is 6.67. The monoisotopic (exact) mass is 451 g/mol. The summed E-state index contributed by atoms with van der Waals surface area (Å²) in [6.45, 7) is 0.112. The van der Waals surface area contributed by atoms with Gasteiger partial charge in [-0.25, -0.2) is 19.9 Å². The first-order valence-corrected chi connectivity index (χ1v) is 9.57. The molecule has 0 atom stereocenters. The van der Waals surface area contributed by atoms with E-state index in [1.54, 1.807) is 6.08 Å². The average Bonchev–Trinajstić information content (AvgIpc) is 3.15. The Hall–Kier alpha value is -3.18. The van der Waals surface area contributed by atoms with Crippen LogP contribution in [0.4, 0.5) is 18.9 Å². The molecule has 12 heteroatoms. The number of amidine groups is 1. The molecule has 0 saturated carbocycles. The zero-order chi connectivity index (χ0) is 22.2. The van der Waals surface area contributed by atoms with E-state index < -0.39 is 11.9 Å². The number of hydrogen-bond donors (Lipinski definition) is 2. The van der Waals surface area contributed by atoms with Crippen molar-refractivity contribution in [3.05, 3.63) is 52.7 Å². The van der Waals surface area contributed by atoms with E-state index in [0.29, 0.717) is 29.9 Å². The third-order valence-corrected chi connectivity index (χ3v) is 4.83. The van der Waals surface area contributed by atoms with Crippen molar-refractivity contribution >= 4 is 34.5 Å². The lowest BCUT2D eigenvalue weighted by Crippen LogP contribution is -2.16. The van der Waals surface area contributed by atoms with Crippen LogP contribution in [0, 0.1) is 0 Å². The average molecular weight is 452 g/mol. The van der Waals surface area contributed by atoms with Crippen molar-refractivity contribution in [3.8, 4) is 6.01 Å². The Labute approximate surface area is 179 Å². The number of halogens is 4. The SMILES string of the molecule is COc1ncc(NC2=NC(c3c(C(F)(F)F)nc4c(Cl)cc(CN)cn34)=CCC2)cn1. The molecule has 4 heterocycles. The lowest BCUT2D eigenvalue weighted by atomic mass is 10.1. The lowest BCUT2D eigenvalue weighted by Gasteiger charge is -2.16. The fourth-order valence-corrected chi connectivity index (χ4v) is 3.47. The number of ether oxygens (including phenoxy) is 1. The molecule has 0 aromatic carbocycles. The van der Waals surface area contributed by atoms with Crippen LogP contribution in [0.1, 0.15) is 29.8 Å². The Morgan fingerprint density at radius 3 is 2.68 bits per heavy atom. The van der Waals surface area contributed by atoms with Crippen molar-refractivity contribution in [1.82, 2.24) is 19.4 Å². The van der Waals surface area contributed by atoms with Crippen molar-refractivity contribution in [2.45, 2.75) is 25.6 Å². The van der Waals surface area contributed by atoms with E-state index in [9.17, 15) is 13.2 Å². The van der Waals surface area contributed by atoms with E-state index in [1.807, 2.05) is 0 Å². The molecule has 0 amide bonds. The number of pyridine rings is 1. The molecule has 0 spiro atoms. The van der Waals surface area contributed by atoms with Gasteiger partial charge in [0.1, 0.15) is 11.5 Å². The molecule has 0 radical (unpaired) electrons. The van der Waals surface area contributed by atoms with Gasteiger partial charge >= 0.3 is 12.2 Å². The molecule has 8 nitrogen and oxygen atoms in total. The fraction of sp³-hybridized carbons (Fsp3) is 0.263. The number of imidazole rings is 1. The van der Waals surface area contributed by atoms with E-state index in [0.717, 1.165) is 0 Å². The number of rotatable bonds is 4. The summed E-state index contributed by atoms with van der Waals surface area (Å²) in [6, 6.07) is 1.70. The molecule has 0 aliphatic carbocycles. The van der Waals surface area contributed by atoms with Crippen LogP contribution in [0.2, 0.25) is 5.02 Å². The predicted molar refractivity (Wildman–Crippen MR) is 110 cm³/mol. The Bertz CT molecular complexity index is 1190. The number of fused-ring (bicyclic) bond motifs is 1. The lowest BCUT2D eigenvalue weighted by molar-refractivity contribution is -0.141. The summed E-state index contributed by atoms with van der Waals surface area (Å²) < 4.78 is 47.6. The molecule has 1 aliphatic rings. The van der Waals surface area contributed by atoms with Gasteiger partial charge in [0.25, 0.3) is 0 Å². The normalized spacial score (nSPS) is 14.4. The van der Waals surface area contributed by atoms with Crippen LogP contribution in [-0.4, -0.2) is 32.3 Å². The molecule has 4 rings (SSSR count). The van der Waals surface area contributed by atoms with Crippen LogP contribution in [0.15, 0.2) is 35.7 Å². The zero-order valence-electron chi connectivity index (χ0n) is 16.2. The van der Waals surface area contributed by atoms with Gasteiger partial charge in [0.15, 0.2) is 11.3 Å². The fourth-order valence-electron chi connectivity index (χ4n) is 3.20. The summed E-state index contributed by atoms with van der Waals surface area (Å²) in [5.41, 5.74) is 5.64. The third kappa shape index (κ3) is 4.19. The second kappa shape index (κ2) is 8.16. The maximum Gasteiger partial charge on any atom is 0.435 e. The smallest absolute Gasteiger partial charge is 0.435 e. The zero-order valence-corrected chi connectivity index (χ0v) is 17.0. The van der Waals surface area contributed by atoms with Gasteiger partial charge in [-0.15, -0.1) is 0 Å². The summed E-state index contributed by atoms with van der Waals surface area (Å²) in [7, 11) is 1.45.